The fourth-order valence-electron chi connectivity index (χ4n) is 2.06. The van der Waals surface area contributed by atoms with Gasteiger partial charge in [-0.15, -0.1) is 0 Å². The second-order valence-corrected chi connectivity index (χ2v) is 4.93. The molecule has 2 aromatic rings. The Kier molecular flexibility index (Phi) is 3.83. The summed E-state index contributed by atoms with van der Waals surface area (Å²) in [5.74, 6) is -0.382. The molecule has 0 heterocycles. The molecule has 0 saturated heterocycles. The van der Waals surface area contributed by atoms with Gasteiger partial charge in [0.05, 0.1) is 5.92 Å². The van der Waals surface area contributed by atoms with Gasteiger partial charge in [0.25, 0.3) is 0 Å². The van der Waals surface area contributed by atoms with E-state index in [0.29, 0.717) is 0 Å². The van der Waals surface area contributed by atoms with Crippen molar-refractivity contribution in [2.75, 3.05) is 0 Å². The molecule has 0 aliphatic rings. The molecule has 1 nitrogen and oxygen atoms in total. The van der Waals surface area contributed by atoms with E-state index >= 15 is 0 Å². The van der Waals surface area contributed by atoms with Crippen LogP contribution in [0.4, 0.5) is 0 Å². The highest BCUT2D eigenvalue weighted by molar-refractivity contribution is 6.65. The molecule has 0 bridgehead atoms. The number of benzene rings is 2. The Balaban J connectivity index is 2.46. The van der Waals surface area contributed by atoms with Gasteiger partial charge in [0.2, 0.25) is 5.24 Å². The monoisotopic (exact) mass is 258 g/mol. The quantitative estimate of drug-likeness (QED) is 0.754. The molecule has 0 aliphatic carbocycles. The number of aryl methyl sites for hydroxylation is 2. The molecule has 0 amide bonds. The number of hydrogen-bond donors (Lipinski definition) is 0. The van der Waals surface area contributed by atoms with Crippen molar-refractivity contribution in [3.05, 3.63) is 70.8 Å². The SMILES string of the molecule is Cc1ccc(C(C(=O)Cl)c2cccc(C)c2)cc1. The van der Waals surface area contributed by atoms with Crippen molar-refractivity contribution >= 4 is 16.8 Å². The van der Waals surface area contributed by atoms with Crippen molar-refractivity contribution in [3.63, 3.8) is 0 Å². The molecule has 18 heavy (non-hydrogen) atoms. The van der Waals surface area contributed by atoms with Crippen LogP contribution >= 0.6 is 11.6 Å². The molecule has 92 valence electrons. The first-order valence-electron chi connectivity index (χ1n) is 5.90. The Bertz CT molecular complexity index is 558. The van der Waals surface area contributed by atoms with E-state index in [1.807, 2.05) is 62.4 Å². The maximum absolute atomic E-state index is 11.7. The van der Waals surface area contributed by atoms with E-state index in [1.54, 1.807) is 0 Å². The second-order valence-electron chi connectivity index (χ2n) is 4.56. The zero-order valence-corrected chi connectivity index (χ0v) is 11.2. The third-order valence-corrected chi connectivity index (χ3v) is 3.23. The minimum atomic E-state index is -0.382. The predicted octanol–water partition coefficient (Wildman–Crippen LogP) is 4.20. The van der Waals surface area contributed by atoms with Gasteiger partial charge in [-0.25, -0.2) is 0 Å². The summed E-state index contributed by atoms with van der Waals surface area (Å²) in [5.41, 5.74) is 4.18. The number of rotatable bonds is 3. The lowest BCUT2D eigenvalue weighted by molar-refractivity contribution is -0.112. The standard InChI is InChI=1S/C16H15ClO/c1-11-6-8-13(9-7-11)15(16(17)18)14-5-3-4-12(2)10-14/h3-10,15H,1-2H3. The lowest BCUT2D eigenvalue weighted by atomic mass is 9.91. The van der Waals surface area contributed by atoms with Crippen molar-refractivity contribution in [2.24, 2.45) is 0 Å². The molecule has 2 heteroatoms. The third kappa shape index (κ3) is 2.80. The molecule has 0 aliphatic heterocycles. The maximum Gasteiger partial charge on any atom is 0.233 e. The number of hydrogen-bond acceptors (Lipinski definition) is 1. The van der Waals surface area contributed by atoms with Crippen molar-refractivity contribution in [1.82, 2.24) is 0 Å². The van der Waals surface area contributed by atoms with Gasteiger partial charge >= 0.3 is 0 Å². The Hall–Kier alpha value is -1.60. The summed E-state index contributed by atoms with van der Waals surface area (Å²) in [6.07, 6.45) is 0. The Morgan fingerprint density at radius 3 is 2.17 bits per heavy atom. The number of halogens is 1. The third-order valence-electron chi connectivity index (χ3n) is 3.01. The molecule has 1 atom stereocenters. The van der Waals surface area contributed by atoms with Crippen LogP contribution < -0.4 is 0 Å². The maximum atomic E-state index is 11.7. The van der Waals surface area contributed by atoms with E-state index in [1.165, 1.54) is 5.56 Å². The van der Waals surface area contributed by atoms with Crippen LogP contribution in [0.2, 0.25) is 0 Å². The molecule has 2 aromatic carbocycles. The first-order chi connectivity index (χ1) is 8.58. The van der Waals surface area contributed by atoms with E-state index in [0.717, 1.165) is 16.7 Å². The minimum absolute atomic E-state index is 0.343. The van der Waals surface area contributed by atoms with Crippen LogP contribution in [0, 0.1) is 13.8 Å². The van der Waals surface area contributed by atoms with Crippen molar-refractivity contribution in [1.29, 1.82) is 0 Å². The van der Waals surface area contributed by atoms with E-state index in [9.17, 15) is 4.79 Å². The largest absolute Gasteiger partial charge is 0.280 e. The first-order valence-corrected chi connectivity index (χ1v) is 6.28. The van der Waals surface area contributed by atoms with Crippen LogP contribution in [0.15, 0.2) is 48.5 Å². The Morgan fingerprint density at radius 2 is 1.61 bits per heavy atom. The van der Waals surface area contributed by atoms with Gasteiger partial charge in [0.15, 0.2) is 0 Å². The first kappa shape index (κ1) is 12.8. The van der Waals surface area contributed by atoms with Crippen molar-refractivity contribution in [2.45, 2.75) is 19.8 Å². The van der Waals surface area contributed by atoms with Gasteiger partial charge in [-0.1, -0.05) is 59.7 Å². The van der Waals surface area contributed by atoms with Crippen LogP contribution in [0.3, 0.4) is 0 Å². The lowest BCUT2D eigenvalue weighted by Crippen LogP contribution is -2.08. The molecular weight excluding hydrogens is 244 g/mol. The van der Waals surface area contributed by atoms with Gasteiger partial charge in [0, 0.05) is 0 Å². The average Bonchev–Trinajstić information content (AvgIpc) is 2.32. The lowest BCUT2D eigenvalue weighted by Gasteiger charge is -2.14. The summed E-state index contributed by atoms with van der Waals surface area (Å²) in [4.78, 5) is 11.7. The summed E-state index contributed by atoms with van der Waals surface area (Å²) in [6.45, 7) is 4.03. The second kappa shape index (κ2) is 5.36. The van der Waals surface area contributed by atoms with Crippen molar-refractivity contribution in [3.8, 4) is 0 Å². The van der Waals surface area contributed by atoms with Gasteiger partial charge in [-0.05, 0) is 36.6 Å². The number of carbonyl (C=O) groups is 1. The van der Waals surface area contributed by atoms with E-state index in [2.05, 4.69) is 0 Å². The zero-order chi connectivity index (χ0) is 13.1. The Labute approximate surface area is 112 Å². The topological polar surface area (TPSA) is 17.1 Å². The molecule has 0 N–H and O–H groups in total. The molecule has 1 unspecified atom stereocenters. The summed E-state index contributed by atoms with van der Waals surface area (Å²) < 4.78 is 0. The van der Waals surface area contributed by atoms with Crippen LogP contribution in [0.5, 0.6) is 0 Å². The predicted molar refractivity (Wildman–Crippen MR) is 75.1 cm³/mol. The van der Waals surface area contributed by atoms with Gasteiger partial charge < -0.3 is 0 Å². The number of carbonyl (C=O) groups excluding carboxylic acids is 1. The summed E-state index contributed by atoms with van der Waals surface area (Å²) in [7, 11) is 0. The Morgan fingerprint density at radius 1 is 0.944 bits per heavy atom. The molecule has 0 spiro atoms. The molecule has 0 saturated carbocycles. The van der Waals surface area contributed by atoms with Crippen molar-refractivity contribution < 1.29 is 4.79 Å². The smallest absolute Gasteiger partial charge is 0.233 e. The van der Waals surface area contributed by atoms with E-state index in [4.69, 9.17) is 11.6 Å². The van der Waals surface area contributed by atoms with E-state index in [-0.39, 0.29) is 11.2 Å². The molecule has 2 rings (SSSR count). The highest BCUT2D eigenvalue weighted by atomic mass is 35.5. The summed E-state index contributed by atoms with van der Waals surface area (Å²) in [5, 5.41) is -0.343. The van der Waals surface area contributed by atoms with E-state index < -0.39 is 0 Å². The van der Waals surface area contributed by atoms with Gasteiger partial charge in [-0.2, -0.15) is 0 Å². The fourth-order valence-corrected chi connectivity index (χ4v) is 2.32. The average molecular weight is 259 g/mol. The highest BCUT2D eigenvalue weighted by Gasteiger charge is 2.20. The van der Waals surface area contributed by atoms with Gasteiger partial charge in [-0.3, -0.25) is 4.79 Å². The molecular formula is C16H15ClO. The molecule has 0 fully saturated rings. The summed E-state index contributed by atoms with van der Waals surface area (Å²) >= 11 is 5.77. The molecule has 0 aromatic heterocycles. The minimum Gasteiger partial charge on any atom is -0.280 e. The normalized spacial score (nSPS) is 12.2. The summed E-state index contributed by atoms with van der Waals surface area (Å²) in [6, 6.07) is 15.8. The zero-order valence-electron chi connectivity index (χ0n) is 10.5. The van der Waals surface area contributed by atoms with Gasteiger partial charge in [0.1, 0.15) is 0 Å². The molecule has 0 radical (unpaired) electrons. The highest BCUT2D eigenvalue weighted by Crippen LogP contribution is 2.27. The van der Waals surface area contributed by atoms with Crippen LogP contribution in [0.25, 0.3) is 0 Å². The van der Waals surface area contributed by atoms with Crippen LogP contribution in [-0.4, -0.2) is 5.24 Å². The fraction of sp³-hybridized carbons (Fsp3) is 0.188. The van der Waals surface area contributed by atoms with Crippen LogP contribution in [-0.2, 0) is 4.79 Å². The van der Waals surface area contributed by atoms with Crippen LogP contribution in [0.1, 0.15) is 28.2 Å².